The molecule has 0 bridgehead atoms. The third kappa shape index (κ3) is 3.77. The first-order valence-electron chi connectivity index (χ1n) is 8.55. The molecule has 0 spiro atoms. The van der Waals surface area contributed by atoms with E-state index in [0.29, 0.717) is 10.6 Å². The van der Waals surface area contributed by atoms with Crippen molar-refractivity contribution in [2.24, 2.45) is 14.1 Å². The van der Waals surface area contributed by atoms with Crippen LogP contribution in [-0.4, -0.2) is 35.8 Å². The fourth-order valence-electron chi connectivity index (χ4n) is 2.89. The van der Waals surface area contributed by atoms with E-state index in [4.69, 9.17) is 4.74 Å². The van der Waals surface area contributed by atoms with Crippen LogP contribution in [0, 0.1) is 0 Å². The first-order chi connectivity index (χ1) is 14.0. The zero-order chi connectivity index (χ0) is 22.2. The number of ether oxygens (including phenoxy) is 1. The Morgan fingerprint density at radius 2 is 1.80 bits per heavy atom. The van der Waals surface area contributed by atoms with Crippen molar-refractivity contribution in [1.82, 2.24) is 23.3 Å². The molecule has 3 aromatic heterocycles. The SMILES string of the molecule is Cn1c(=O)c2c(ncn2CCOC(=O)Cn2cccc(C(F)(F)F)c2=O)n(C)c1=O. The zero-order valence-corrected chi connectivity index (χ0v) is 15.8. The Bertz CT molecular complexity index is 1300. The summed E-state index contributed by atoms with van der Waals surface area (Å²) in [6.07, 6.45) is -2.48. The van der Waals surface area contributed by atoms with E-state index < -0.39 is 41.1 Å². The summed E-state index contributed by atoms with van der Waals surface area (Å²) >= 11 is 0. The molecule has 3 heterocycles. The second kappa shape index (κ2) is 7.65. The van der Waals surface area contributed by atoms with Gasteiger partial charge in [0.15, 0.2) is 11.2 Å². The van der Waals surface area contributed by atoms with Crippen molar-refractivity contribution < 1.29 is 22.7 Å². The number of pyridine rings is 1. The third-order valence-electron chi connectivity index (χ3n) is 4.44. The lowest BCUT2D eigenvalue weighted by molar-refractivity contribution is -0.145. The third-order valence-corrected chi connectivity index (χ3v) is 4.44. The number of rotatable bonds is 5. The zero-order valence-electron chi connectivity index (χ0n) is 15.8. The maximum Gasteiger partial charge on any atom is 0.421 e. The average Bonchev–Trinajstić information content (AvgIpc) is 3.09. The number of nitrogens with zero attached hydrogens (tertiary/aromatic N) is 5. The van der Waals surface area contributed by atoms with Gasteiger partial charge in [0.1, 0.15) is 18.7 Å². The number of aryl methyl sites for hydroxylation is 1. The van der Waals surface area contributed by atoms with Gasteiger partial charge in [-0.05, 0) is 12.1 Å². The molecule has 0 unspecified atom stereocenters. The molecular weight excluding hydrogens is 411 g/mol. The molecule has 0 saturated carbocycles. The van der Waals surface area contributed by atoms with Gasteiger partial charge in [-0.1, -0.05) is 0 Å². The summed E-state index contributed by atoms with van der Waals surface area (Å²) in [6.45, 7) is -0.930. The van der Waals surface area contributed by atoms with Gasteiger partial charge >= 0.3 is 17.8 Å². The molecule has 30 heavy (non-hydrogen) atoms. The highest BCUT2D eigenvalue weighted by Gasteiger charge is 2.34. The molecule has 160 valence electrons. The predicted octanol–water partition coefficient (Wildman–Crippen LogP) is -0.142. The molecule has 0 atom stereocenters. The van der Waals surface area contributed by atoms with Crippen molar-refractivity contribution in [1.29, 1.82) is 0 Å². The van der Waals surface area contributed by atoms with Crippen molar-refractivity contribution in [2.45, 2.75) is 19.3 Å². The molecular formula is C17H16F3N5O5. The van der Waals surface area contributed by atoms with Crippen molar-refractivity contribution in [3.05, 3.63) is 61.4 Å². The highest BCUT2D eigenvalue weighted by atomic mass is 19.4. The van der Waals surface area contributed by atoms with E-state index in [1.54, 1.807) is 0 Å². The maximum absolute atomic E-state index is 12.8. The largest absolute Gasteiger partial charge is 0.462 e. The Morgan fingerprint density at radius 1 is 1.10 bits per heavy atom. The minimum Gasteiger partial charge on any atom is -0.462 e. The van der Waals surface area contributed by atoms with Gasteiger partial charge in [-0.2, -0.15) is 13.2 Å². The van der Waals surface area contributed by atoms with Crippen molar-refractivity contribution in [3.63, 3.8) is 0 Å². The molecule has 3 aromatic rings. The molecule has 0 fully saturated rings. The Kier molecular flexibility index (Phi) is 5.37. The minimum atomic E-state index is -4.83. The van der Waals surface area contributed by atoms with Crippen molar-refractivity contribution in [3.8, 4) is 0 Å². The second-order valence-corrected chi connectivity index (χ2v) is 6.39. The molecule has 0 aliphatic heterocycles. The number of esters is 1. The van der Waals surface area contributed by atoms with E-state index in [9.17, 15) is 32.3 Å². The van der Waals surface area contributed by atoms with Crippen LogP contribution in [0.15, 0.2) is 39.0 Å². The number of fused-ring (bicyclic) bond motifs is 1. The van der Waals surface area contributed by atoms with E-state index in [0.717, 1.165) is 16.8 Å². The summed E-state index contributed by atoms with van der Waals surface area (Å²) in [6, 6.07) is 1.64. The van der Waals surface area contributed by atoms with Crippen LogP contribution in [-0.2, 0) is 42.9 Å². The number of hydrogen-bond acceptors (Lipinski definition) is 6. The number of halogens is 3. The lowest BCUT2D eigenvalue weighted by Crippen LogP contribution is -2.37. The first kappa shape index (κ1) is 21.1. The molecule has 0 aliphatic rings. The van der Waals surface area contributed by atoms with E-state index in [2.05, 4.69) is 4.98 Å². The Balaban J connectivity index is 1.71. The number of hydrogen-bond donors (Lipinski definition) is 0. The van der Waals surface area contributed by atoms with Crippen LogP contribution >= 0.6 is 0 Å². The average molecular weight is 427 g/mol. The van der Waals surface area contributed by atoms with E-state index in [-0.39, 0.29) is 24.3 Å². The Labute approximate surface area is 165 Å². The fourth-order valence-corrected chi connectivity index (χ4v) is 2.89. The van der Waals surface area contributed by atoms with Gasteiger partial charge in [0.2, 0.25) is 0 Å². The van der Waals surface area contributed by atoms with Gasteiger partial charge in [-0.15, -0.1) is 0 Å². The topological polar surface area (TPSA) is 110 Å². The number of carbonyl (C=O) groups excluding carboxylic acids is 1. The number of imidazole rings is 1. The molecule has 13 heteroatoms. The van der Waals surface area contributed by atoms with E-state index in [1.165, 1.54) is 29.6 Å². The summed E-state index contributed by atoms with van der Waals surface area (Å²) in [5, 5.41) is 0. The van der Waals surface area contributed by atoms with Gasteiger partial charge in [-0.25, -0.2) is 9.78 Å². The number of aromatic nitrogens is 5. The molecule has 0 saturated heterocycles. The van der Waals surface area contributed by atoms with Crippen LogP contribution in [0.5, 0.6) is 0 Å². The lowest BCUT2D eigenvalue weighted by atomic mass is 10.2. The highest BCUT2D eigenvalue weighted by molar-refractivity contribution is 5.70. The van der Waals surface area contributed by atoms with Gasteiger partial charge in [0.05, 0.1) is 12.9 Å². The second-order valence-electron chi connectivity index (χ2n) is 6.39. The van der Waals surface area contributed by atoms with Gasteiger partial charge in [-0.3, -0.25) is 23.5 Å². The molecule has 0 amide bonds. The lowest BCUT2D eigenvalue weighted by Gasteiger charge is -2.11. The van der Waals surface area contributed by atoms with Gasteiger partial charge in [0.25, 0.3) is 11.1 Å². The summed E-state index contributed by atoms with van der Waals surface area (Å²) in [5.74, 6) is -0.929. The predicted molar refractivity (Wildman–Crippen MR) is 96.9 cm³/mol. The summed E-state index contributed by atoms with van der Waals surface area (Å²) < 4.78 is 47.4. The maximum atomic E-state index is 12.8. The molecule has 0 N–H and O–H groups in total. The van der Waals surface area contributed by atoms with Crippen LogP contribution in [0.25, 0.3) is 11.2 Å². The van der Waals surface area contributed by atoms with Crippen LogP contribution < -0.4 is 16.8 Å². The van der Waals surface area contributed by atoms with E-state index >= 15 is 0 Å². The monoisotopic (exact) mass is 427 g/mol. The fraction of sp³-hybridized carbons (Fsp3) is 0.353. The van der Waals surface area contributed by atoms with Gasteiger partial charge < -0.3 is 13.9 Å². The Morgan fingerprint density at radius 3 is 2.47 bits per heavy atom. The summed E-state index contributed by atoms with van der Waals surface area (Å²) in [7, 11) is 2.77. The molecule has 0 aliphatic carbocycles. The summed E-state index contributed by atoms with van der Waals surface area (Å²) in [4.78, 5) is 52.0. The molecule has 0 aromatic carbocycles. The molecule has 3 rings (SSSR count). The number of alkyl halides is 3. The Hall–Kier alpha value is -3.64. The smallest absolute Gasteiger partial charge is 0.421 e. The standard InChI is InChI=1S/C17H16F3N5O5/c1-22-13-12(15(28)23(2)16(22)29)25(9-21-13)6-7-30-11(26)8-24-5-3-4-10(14(24)27)17(18,19)20/h3-5,9H,6-8H2,1-2H3. The van der Waals surface area contributed by atoms with Crippen LogP contribution in [0.4, 0.5) is 13.2 Å². The molecule has 10 nitrogen and oxygen atoms in total. The van der Waals surface area contributed by atoms with Crippen molar-refractivity contribution in [2.75, 3.05) is 6.61 Å². The highest BCUT2D eigenvalue weighted by Crippen LogP contribution is 2.25. The normalized spacial score (nSPS) is 11.8. The van der Waals surface area contributed by atoms with E-state index in [1.807, 2.05) is 0 Å². The minimum absolute atomic E-state index is 0.00712. The summed E-state index contributed by atoms with van der Waals surface area (Å²) in [5.41, 5.74) is -3.58. The van der Waals surface area contributed by atoms with Crippen LogP contribution in [0.2, 0.25) is 0 Å². The van der Waals surface area contributed by atoms with Gasteiger partial charge in [0, 0.05) is 20.3 Å². The van der Waals surface area contributed by atoms with Crippen LogP contribution in [0.3, 0.4) is 0 Å². The first-order valence-corrected chi connectivity index (χ1v) is 8.55. The number of carbonyl (C=O) groups is 1. The quantitative estimate of drug-likeness (QED) is 0.524. The molecule has 0 radical (unpaired) electrons. The van der Waals surface area contributed by atoms with Crippen molar-refractivity contribution >= 4 is 17.1 Å². The van der Waals surface area contributed by atoms with Crippen LogP contribution in [0.1, 0.15) is 5.56 Å².